The molecule has 0 atom stereocenters. The van der Waals surface area contributed by atoms with Crippen molar-refractivity contribution in [3.8, 4) is 5.82 Å². The van der Waals surface area contributed by atoms with Gasteiger partial charge in [-0.05, 0) is 13.0 Å². The Kier molecular flexibility index (Phi) is 4.62. The molecule has 0 saturated carbocycles. The Hall–Kier alpha value is -1.80. The molecule has 0 N–H and O–H groups in total. The van der Waals surface area contributed by atoms with Crippen LogP contribution in [0.3, 0.4) is 0 Å². The highest BCUT2D eigenvalue weighted by Crippen LogP contribution is 2.36. The molecule has 2 aromatic rings. The largest absolute Gasteiger partial charge is 0.462 e. The van der Waals surface area contributed by atoms with Crippen LogP contribution in [0, 0.1) is 0 Å². The zero-order valence-corrected chi connectivity index (χ0v) is 12.5. The van der Waals surface area contributed by atoms with E-state index in [0.717, 1.165) is 6.20 Å². The topological polar surface area (TPSA) is 57.0 Å². The van der Waals surface area contributed by atoms with Crippen LogP contribution in [0.4, 0.5) is 13.2 Å². The number of esters is 1. The van der Waals surface area contributed by atoms with Crippen LogP contribution >= 0.6 is 23.2 Å². The molecule has 0 fully saturated rings. The van der Waals surface area contributed by atoms with Crippen LogP contribution in [0.1, 0.15) is 23.0 Å². The minimum atomic E-state index is -4.87. The summed E-state index contributed by atoms with van der Waals surface area (Å²) < 4.78 is 44.9. The minimum Gasteiger partial charge on any atom is -0.462 e. The molecule has 0 radical (unpaired) electrons. The molecular formula is C12H8Cl2F3N3O2. The van der Waals surface area contributed by atoms with Crippen molar-refractivity contribution in [1.29, 1.82) is 0 Å². The van der Waals surface area contributed by atoms with Gasteiger partial charge in [0.2, 0.25) is 0 Å². The number of aromatic nitrogens is 3. The molecule has 0 aliphatic rings. The van der Waals surface area contributed by atoms with Crippen molar-refractivity contribution in [2.75, 3.05) is 6.61 Å². The molecule has 0 spiro atoms. The van der Waals surface area contributed by atoms with E-state index >= 15 is 0 Å². The number of rotatable bonds is 3. The summed E-state index contributed by atoms with van der Waals surface area (Å²) in [5, 5.41) is 3.34. The van der Waals surface area contributed by atoms with E-state index in [9.17, 15) is 18.0 Å². The molecule has 2 aromatic heterocycles. The Labute approximate surface area is 132 Å². The maximum Gasteiger partial charge on any atom is 0.434 e. The van der Waals surface area contributed by atoms with E-state index in [-0.39, 0.29) is 22.5 Å². The lowest BCUT2D eigenvalue weighted by Gasteiger charge is -2.12. The second-order valence-electron chi connectivity index (χ2n) is 3.97. The lowest BCUT2D eigenvalue weighted by atomic mass is 10.2. The third kappa shape index (κ3) is 3.02. The van der Waals surface area contributed by atoms with Gasteiger partial charge in [0.25, 0.3) is 0 Å². The molecule has 0 aliphatic heterocycles. The van der Waals surface area contributed by atoms with Gasteiger partial charge < -0.3 is 4.74 Å². The molecule has 118 valence electrons. The third-order valence-electron chi connectivity index (χ3n) is 2.56. The van der Waals surface area contributed by atoms with Gasteiger partial charge in [-0.25, -0.2) is 14.5 Å². The maximum atomic E-state index is 13.3. The van der Waals surface area contributed by atoms with Crippen LogP contribution in [0.15, 0.2) is 18.5 Å². The van der Waals surface area contributed by atoms with Gasteiger partial charge in [-0.15, -0.1) is 0 Å². The van der Waals surface area contributed by atoms with Crippen LogP contribution in [0.2, 0.25) is 10.0 Å². The lowest BCUT2D eigenvalue weighted by molar-refractivity contribution is -0.143. The zero-order valence-electron chi connectivity index (χ0n) is 11.0. The predicted molar refractivity (Wildman–Crippen MR) is 72.3 cm³/mol. The van der Waals surface area contributed by atoms with Crippen LogP contribution in [-0.4, -0.2) is 27.3 Å². The smallest absolute Gasteiger partial charge is 0.434 e. The van der Waals surface area contributed by atoms with E-state index < -0.39 is 23.4 Å². The number of ether oxygens (including phenoxy) is 1. The number of carbonyl (C=O) groups excluding carboxylic acids is 1. The van der Waals surface area contributed by atoms with E-state index in [0.29, 0.717) is 4.68 Å². The molecule has 0 aromatic carbocycles. The maximum absolute atomic E-state index is 13.3. The van der Waals surface area contributed by atoms with Crippen molar-refractivity contribution in [3.63, 3.8) is 0 Å². The Balaban J connectivity index is 2.68. The highest BCUT2D eigenvalue weighted by Gasteiger charge is 2.41. The van der Waals surface area contributed by atoms with Crippen LogP contribution in [0.5, 0.6) is 0 Å². The SMILES string of the molecule is CCOC(=O)c1cnn(-c2nccc(Cl)c2Cl)c1C(F)(F)F. The fourth-order valence-electron chi connectivity index (χ4n) is 1.70. The van der Waals surface area contributed by atoms with E-state index in [1.54, 1.807) is 0 Å². The second kappa shape index (κ2) is 6.13. The number of alkyl halides is 3. The fourth-order valence-corrected chi connectivity index (χ4v) is 2.03. The van der Waals surface area contributed by atoms with E-state index in [1.807, 2.05) is 0 Å². The van der Waals surface area contributed by atoms with Crippen molar-refractivity contribution >= 4 is 29.2 Å². The monoisotopic (exact) mass is 353 g/mol. The highest BCUT2D eigenvalue weighted by molar-refractivity contribution is 6.42. The van der Waals surface area contributed by atoms with Gasteiger partial charge in [0.05, 0.1) is 17.8 Å². The van der Waals surface area contributed by atoms with E-state index in [2.05, 4.69) is 14.8 Å². The molecule has 0 saturated heterocycles. The lowest BCUT2D eigenvalue weighted by Crippen LogP contribution is -2.19. The Bertz CT molecular complexity index is 716. The summed E-state index contributed by atoms with van der Waals surface area (Å²) in [7, 11) is 0. The second-order valence-corrected chi connectivity index (χ2v) is 4.75. The number of pyridine rings is 1. The number of carbonyl (C=O) groups is 1. The van der Waals surface area contributed by atoms with Crippen molar-refractivity contribution in [1.82, 2.24) is 14.8 Å². The van der Waals surface area contributed by atoms with Gasteiger partial charge in [0.1, 0.15) is 10.6 Å². The summed E-state index contributed by atoms with van der Waals surface area (Å²) in [5.74, 6) is -1.48. The normalized spacial score (nSPS) is 11.5. The number of hydrogen-bond donors (Lipinski definition) is 0. The molecule has 0 aliphatic carbocycles. The molecule has 0 amide bonds. The molecule has 22 heavy (non-hydrogen) atoms. The Morgan fingerprint density at radius 2 is 2.09 bits per heavy atom. The highest BCUT2D eigenvalue weighted by atomic mass is 35.5. The molecule has 5 nitrogen and oxygen atoms in total. The third-order valence-corrected chi connectivity index (χ3v) is 3.34. The van der Waals surface area contributed by atoms with Gasteiger partial charge in [-0.1, -0.05) is 23.2 Å². The number of hydrogen-bond acceptors (Lipinski definition) is 4. The van der Waals surface area contributed by atoms with Crippen LogP contribution in [-0.2, 0) is 10.9 Å². The van der Waals surface area contributed by atoms with E-state index in [4.69, 9.17) is 23.2 Å². The summed E-state index contributed by atoms with van der Waals surface area (Å²) in [5.41, 5.74) is -2.06. The van der Waals surface area contributed by atoms with Gasteiger partial charge in [0.15, 0.2) is 11.5 Å². The first-order valence-electron chi connectivity index (χ1n) is 5.90. The van der Waals surface area contributed by atoms with Gasteiger partial charge in [-0.3, -0.25) is 0 Å². The summed E-state index contributed by atoms with van der Waals surface area (Å²) in [6, 6.07) is 1.32. The molecule has 2 heterocycles. The first-order valence-corrected chi connectivity index (χ1v) is 6.65. The summed E-state index contributed by atoms with van der Waals surface area (Å²) in [6.45, 7) is 1.41. The molecule has 0 bridgehead atoms. The summed E-state index contributed by atoms with van der Waals surface area (Å²) in [4.78, 5) is 15.4. The van der Waals surface area contributed by atoms with Crippen molar-refractivity contribution in [2.24, 2.45) is 0 Å². The predicted octanol–water partition coefficient (Wildman–Crippen LogP) is 3.77. The molecule has 10 heteroatoms. The van der Waals surface area contributed by atoms with Crippen LogP contribution < -0.4 is 0 Å². The number of halogens is 5. The standard InChI is InChI=1S/C12H8Cl2F3N3O2/c1-2-22-11(21)6-5-19-20(9(6)12(15,16)17)10-8(14)7(13)3-4-18-10/h3-5H,2H2,1H3. The van der Waals surface area contributed by atoms with E-state index in [1.165, 1.54) is 19.2 Å². The van der Waals surface area contributed by atoms with Gasteiger partial charge >= 0.3 is 12.1 Å². The van der Waals surface area contributed by atoms with Gasteiger partial charge in [0, 0.05) is 6.20 Å². The van der Waals surface area contributed by atoms with Gasteiger partial charge in [-0.2, -0.15) is 18.3 Å². The minimum absolute atomic E-state index is 0.00739. The molecule has 2 rings (SSSR count). The zero-order chi connectivity index (χ0) is 16.5. The molecular weight excluding hydrogens is 346 g/mol. The average Bonchev–Trinajstić information content (AvgIpc) is 2.87. The average molecular weight is 354 g/mol. The Morgan fingerprint density at radius 1 is 1.41 bits per heavy atom. The molecule has 0 unspecified atom stereocenters. The van der Waals surface area contributed by atoms with Crippen molar-refractivity contribution in [2.45, 2.75) is 13.1 Å². The summed E-state index contributed by atoms with van der Waals surface area (Å²) >= 11 is 11.6. The summed E-state index contributed by atoms with van der Waals surface area (Å²) in [6.07, 6.45) is -2.94. The fraction of sp³-hybridized carbons (Fsp3) is 0.250. The number of nitrogens with zero attached hydrogens (tertiary/aromatic N) is 3. The van der Waals surface area contributed by atoms with Crippen molar-refractivity contribution in [3.05, 3.63) is 39.8 Å². The first-order chi connectivity index (χ1) is 10.3. The Morgan fingerprint density at radius 3 is 2.68 bits per heavy atom. The quantitative estimate of drug-likeness (QED) is 0.788. The van der Waals surface area contributed by atoms with Crippen LogP contribution in [0.25, 0.3) is 5.82 Å². The first kappa shape index (κ1) is 16.6. The van der Waals surface area contributed by atoms with Crippen molar-refractivity contribution < 1.29 is 22.7 Å².